The van der Waals surface area contributed by atoms with Crippen LogP contribution < -0.4 is 14.8 Å². The molecule has 4 atom stereocenters. The summed E-state index contributed by atoms with van der Waals surface area (Å²) in [6.07, 6.45) is 1.07. The highest BCUT2D eigenvalue weighted by Crippen LogP contribution is 2.34. The van der Waals surface area contributed by atoms with Crippen molar-refractivity contribution in [2.45, 2.75) is 65.5 Å². The number of amides is 1. The number of cyclic esters (lactones) is 1. The first kappa shape index (κ1) is 27.8. The highest BCUT2D eigenvalue weighted by Gasteiger charge is 2.41. The Hall–Kier alpha value is -2.48. The zero-order valence-corrected chi connectivity index (χ0v) is 21.3. The van der Waals surface area contributed by atoms with Crippen LogP contribution in [0, 0.1) is 23.7 Å². The van der Waals surface area contributed by atoms with E-state index in [0.717, 1.165) is 18.4 Å². The summed E-state index contributed by atoms with van der Waals surface area (Å²) in [5.74, 6) is 1.55. The van der Waals surface area contributed by atoms with Crippen LogP contribution in [0.3, 0.4) is 0 Å². The molecule has 0 unspecified atom stereocenters. The van der Waals surface area contributed by atoms with Gasteiger partial charge < -0.3 is 29.4 Å². The quantitative estimate of drug-likeness (QED) is 0.298. The fourth-order valence-electron chi connectivity index (χ4n) is 4.45. The Kier molecular flexibility index (Phi) is 11.0. The lowest BCUT2D eigenvalue weighted by molar-refractivity contribution is -0.146. The summed E-state index contributed by atoms with van der Waals surface area (Å²) in [5, 5.41) is 12.1. The first-order chi connectivity index (χ1) is 16.2. The molecule has 1 aromatic rings. The predicted molar refractivity (Wildman–Crippen MR) is 129 cm³/mol. The fraction of sp³-hybridized carbons (Fsp3) is 0.692. The van der Waals surface area contributed by atoms with Gasteiger partial charge in [0.25, 0.3) is 0 Å². The molecule has 2 rings (SSSR count). The molecular formula is C26H41NO7. The second-order valence-electron chi connectivity index (χ2n) is 9.74. The molecule has 1 heterocycles. The van der Waals surface area contributed by atoms with Gasteiger partial charge in [0.1, 0.15) is 6.10 Å². The molecule has 1 saturated heterocycles. The van der Waals surface area contributed by atoms with E-state index in [4.69, 9.17) is 18.9 Å². The van der Waals surface area contributed by atoms with Crippen LogP contribution in [0.4, 0.5) is 4.79 Å². The lowest BCUT2D eigenvalue weighted by Crippen LogP contribution is -2.44. The Morgan fingerprint density at radius 3 is 2.47 bits per heavy atom. The number of benzene rings is 1. The standard InChI is InChI=1S/C26H41NO7/c1-16(2)19(12-18-8-9-22(32-6)24(13-18)33-11-7-10-31-5)14-21(27-26(29)30)23-15-20(17(3)4)25(28)34-23/h8-9,13,16-17,19-21,23,27H,7,10-12,14-15H2,1-6H3,(H,29,30)/t19-,20-,21-,23+/m0/s1. The highest BCUT2D eigenvalue weighted by molar-refractivity contribution is 5.75. The minimum absolute atomic E-state index is 0.158. The van der Waals surface area contributed by atoms with Gasteiger partial charge in [0.2, 0.25) is 0 Å². The highest BCUT2D eigenvalue weighted by atomic mass is 16.6. The molecule has 1 amide bonds. The minimum Gasteiger partial charge on any atom is -0.493 e. The molecule has 8 heteroatoms. The predicted octanol–water partition coefficient (Wildman–Crippen LogP) is 4.54. The second kappa shape index (κ2) is 13.4. The van der Waals surface area contributed by atoms with Gasteiger partial charge in [-0.25, -0.2) is 4.79 Å². The van der Waals surface area contributed by atoms with Crippen molar-refractivity contribution in [3.05, 3.63) is 23.8 Å². The van der Waals surface area contributed by atoms with Crippen molar-refractivity contribution < 1.29 is 33.6 Å². The van der Waals surface area contributed by atoms with Gasteiger partial charge in [-0.1, -0.05) is 33.8 Å². The number of nitrogens with one attached hydrogen (secondary N) is 1. The van der Waals surface area contributed by atoms with E-state index >= 15 is 0 Å². The first-order valence-corrected chi connectivity index (χ1v) is 12.1. The smallest absolute Gasteiger partial charge is 0.405 e. The van der Waals surface area contributed by atoms with Gasteiger partial charge in [-0.15, -0.1) is 0 Å². The van der Waals surface area contributed by atoms with E-state index in [9.17, 15) is 14.7 Å². The van der Waals surface area contributed by atoms with Gasteiger partial charge in [0, 0.05) is 20.1 Å². The monoisotopic (exact) mass is 479 g/mol. The van der Waals surface area contributed by atoms with Crippen LogP contribution in [0.25, 0.3) is 0 Å². The van der Waals surface area contributed by atoms with E-state index in [1.54, 1.807) is 14.2 Å². The lowest BCUT2D eigenvalue weighted by atomic mass is 9.81. The number of carboxylic acid groups (broad SMARTS) is 1. The maximum Gasteiger partial charge on any atom is 0.405 e. The molecule has 1 fully saturated rings. The SMILES string of the molecule is COCCCOc1cc(C[C@@H](C[C@H](NC(=O)O)[C@H]2C[C@@H](C(C)C)C(=O)O2)C(C)C)ccc1OC. The topological polar surface area (TPSA) is 103 Å². The van der Waals surface area contributed by atoms with Gasteiger partial charge in [-0.2, -0.15) is 0 Å². The van der Waals surface area contributed by atoms with Crippen LogP contribution in [0.2, 0.25) is 0 Å². The third-order valence-corrected chi connectivity index (χ3v) is 6.59. The van der Waals surface area contributed by atoms with E-state index in [0.29, 0.717) is 43.5 Å². The van der Waals surface area contributed by atoms with Crippen LogP contribution in [-0.2, 0) is 20.7 Å². The van der Waals surface area contributed by atoms with Crippen LogP contribution in [0.1, 0.15) is 52.5 Å². The van der Waals surface area contributed by atoms with Gasteiger partial charge in [-0.05, 0) is 54.7 Å². The molecule has 8 nitrogen and oxygen atoms in total. The molecule has 1 aliphatic heterocycles. The van der Waals surface area contributed by atoms with Crippen molar-refractivity contribution >= 4 is 12.1 Å². The van der Waals surface area contributed by atoms with E-state index in [-0.39, 0.29) is 23.7 Å². The Labute approximate surface area is 203 Å². The van der Waals surface area contributed by atoms with Crippen LogP contribution in [0.15, 0.2) is 18.2 Å². The molecule has 1 aromatic carbocycles. The number of carbonyl (C=O) groups excluding carboxylic acids is 1. The van der Waals surface area contributed by atoms with Crippen molar-refractivity contribution in [2.24, 2.45) is 23.7 Å². The molecule has 0 bridgehead atoms. The number of methoxy groups -OCH3 is 2. The van der Waals surface area contributed by atoms with E-state index in [1.165, 1.54) is 0 Å². The van der Waals surface area contributed by atoms with Crippen molar-refractivity contribution in [3.63, 3.8) is 0 Å². The van der Waals surface area contributed by atoms with Crippen molar-refractivity contribution in [2.75, 3.05) is 27.4 Å². The summed E-state index contributed by atoms with van der Waals surface area (Å²) in [5.41, 5.74) is 1.08. The lowest BCUT2D eigenvalue weighted by Gasteiger charge is -2.29. The van der Waals surface area contributed by atoms with Crippen molar-refractivity contribution in [1.29, 1.82) is 0 Å². The molecule has 1 aliphatic rings. The molecule has 192 valence electrons. The molecule has 0 radical (unpaired) electrons. The molecule has 0 saturated carbocycles. The third-order valence-electron chi connectivity index (χ3n) is 6.59. The Morgan fingerprint density at radius 2 is 1.91 bits per heavy atom. The molecular weight excluding hydrogens is 438 g/mol. The zero-order chi connectivity index (χ0) is 25.3. The summed E-state index contributed by atoms with van der Waals surface area (Å²) in [4.78, 5) is 23.9. The Bertz CT molecular complexity index is 795. The van der Waals surface area contributed by atoms with Crippen LogP contribution in [0.5, 0.6) is 11.5 Å². The summed E-state index contributed by atoms with van der Waals surface area (Å²) < 4.78 is 22.1. The summed E-state index contributed by atoms with van der Waals surface area (Å²) in [6, 6.07) is 5.45. The number of rotatable bonds is 14. The molecule has 2 N–H and O–H groups in total. The zero-order valence-electron chi connectivity index (χ0n) is 21.3. The number of hydrogen-bond acceptors (Lipinski definition) is 6. The second-order valence-corrected chi connectivity index (χ2v) is 9.74. The summed E-state index contributed by atoms with van der Waals surface area (Å²) >= 11 is 0. The average molecular weight is 480 g/mol. The fourth-order valence-corrected chi connectivity index (χ4v) is 4.45. The van der Waals surface area contributed by atoms with Gasteiger partial charge >= 0.3 is 12.1 Å². The van der Waals surface area contributed by atoms with E-state index in [2.05, 4.69) is 19.2 Å². The van der Waals surface area contributed by atoms with E-state index < -0.39 is 18.2 Å². The van der Waals surface area contributed by atoms with Gasteiger partial charge in [0.15, 0.2) is 11.5 Å². The number of ether oxygens (including phenoxy) is 4. The third kappa shape index (κ3) is 8.08. The maximum atomic E-state index is 12.3. The van der Waals surface area contributed by atoms with Crippen LogP contribution >= 0.6 is 0 Å². The molecule has 0 aromatic heterocycles. The number of esters is 1. The van der Waals surface area contributed by atoms with Crippen LogP contribution in [-0.4, -0.2) is 56.7 Å². The van der Waals surface area contributed by atoms with Crippen molar-refractivity contribution in [1.82, 2.24) is 5.32 Å². The largest absolute Gasteiger partial charge is 0.493 e. The first-order valence-electron chi connectivity index (χ1n) is 12.1. The summed E-state index contributed by atoms with van der Waals surface area (Å²) in [6.45, 7) is 9.39. The van der Waals surface area contributed by atoms with Gasteiger partial charge in [0.05, 0.1) is 25.7 Å². The number of carbonyl (C=O) groups is 2. The van der Waals surface area contributed by atoms with Gasteiger partial charge in [-0.3, -0.25) is 4.79 Å². The van der Waals surface area contributed by atoms with Crippen molar-refractivity contribution in [3.8, 4) is 11.5 Å². The Balaban J connectivity index is 2.16. The average Bonchev–Trinajstić information content (AvgIpc) is 3.17. The molecule has 0 spiro atoms. The molecule has 0 aliphatic carbocycles. The summed E-state index contributed by atoms with van der Waals surface area (Å²) in [7, 11) is 3.28. The maximum absolute atomic E-state index is 12.3. The van der Waals surface area contributed by atoms with E-state index in [1.807, 2.05) is 32.0 Å². The minimum atomic E-state index is -1.10. The Morgan fingerprint density at radius 1 is 1.18 bits per heavy atom. The normalized spacial score (nSPS) is 19.7. The number of hydrogen-bond donors (Lipinski definition) is 2. The molecule has 34 heavy (non-hydrogen) atoms.